The molecule has 0 radical (unpaired) electrons. The van der Waals surface area contributed by atoms with E-state index in [4.69, 9.17) is 0 Å². The van der Waals surface area contributed by atoms with Crippen LogP contribution in [0.4, 0.5) is 8.78 Å². The predicted octanol–water partition coefficient (Wildman–Crippen LogP) is 0.345. The number of amides is 2. The summed E-state index contributed by atoms with van der Waals surface area (Å²) >= 11 is 0. The van der Waals surface area contributed by atoms with E-state index in [1.54, 1.807) is 0 Å². The fourth-order valence-corrected chi connectivity index (χ4v) is 2.05. The number of aliphatic hydroxyl groups excluding tert-OH is 1. The zero-order chi connectivity index (χ0) is 14.9. The van der Waals surface area contributed by atoms with Crippen molar-refractivity contribution < 1.29 is 23.5 Å². The van der Waals surface area contributed by atoms with Gasteiger partial charge in [-0.05, 0) is 18.2 Å². The standard InChI is InChI=1S/C13H14F2N2O3/c1-17-12(19)5-10(13(17)20)16-6-11(18)8-4-7(14)2-3-9(8)15/h2-4,10-11,16,18H,5-6H2,1H3. The number of benzene rings is 1. The molecule has 1 aromatic carbocycles. The smallest absolute Gasteiger partial charge is 0.246 e. The second kappa shape index (κ2) is 5.64. The minimum absolute atomic E-state index is 0.00626. The summed E-state index contributed by atoms with van der Waals surface area (Å²) in [5.41, 5.74) is -0.192. The van der Waals surface area contributed by atoms with Gasteiger partial charge in [0, 0.05) is 19.2 Å². The van der Waals surface area contributed by atoms with E-state index >= 15 is 0 Å². The number of nitrogens with one attached hydrogen (secondary N) is 1. The lowest BCUT2D eigenvalue weighted by Crippen LogP contribution is -2.39. The van der Waals surface area contributed by atoms with Crippen LogP contribution in [0.2, 0.25) is 0 Å². The van der Waals surface area contributed by atoms with E-state index in [0.29, 0.717) is 0 Å². The monoisotopic (exact) mass is 284 g/mol. The van der Waals surface area contributed by atoms with E-state index in [-0.39, 0.29) is 24.4 Å². The Morgan fingerprint density at radius 1 is 1.45 bits per heavy atom. The topological polar surface area (TPSA) is 69.6 Å². The van der Waals surface area contributed by atoms with Crippen LogP contribution in [0.5, 0.6) is 0 Å². The van der Waals surface area contributed by atoms with Gasteiger partial charge in [0.15, 0.2) is 0 Å². The predicted molar refractivity (Wildman–Crippen MR) is 65.5 cm³/mol. The molecule has 2 unspecified atom stereocenters. The van der Waals surface area contributed by atoms with Crippen molar-refractivity contribution in [2.45, 2.75) is 18.6 Å². The van der Waals surface area contributed by atoms with Crippen molar-refractivity contribution in [1.29, 1.82) is 0 Å². The van der Waals surface area contributed by atoms with Crippen molar-refractivity contribution in [1.82, 2.24) is 10.2 Å². The third-order valence-corrected chi connectivity index (χ3v) is 3.26. The van der Waals surface area contributed by atoms with E-state index in [9.17, 15) is 23.5 Å². The quantitative estimate of drug-likeness (QED) is 0.783. The lowest BCUT2D eigenvalue weighted by atomic mass is 10.1. The highest BCUT2D eigenvalue weighted by atomic mass is 19.1. The van der Waals surface area contributed by atoms with Crippen molar-refractivity contribution in [2.75, 3.05) is 13.6 Å². The molecule has 0 bridgehead atoms. The lowest BCUT2D eigenvalue weighted by molar-refractivity contribution is -0.137. The number of hydrogen-bond acceptors (Lipinski definition) is 4. The molecule has 0 aromatic heterocycles. The second-order valence-electron chi connectivity index (χ2n) is 4.64. The molecule has 1 fully saturated rings. The number of carbonyl (C=O) groups excluding carboxylic acids is 2. The number of halogens is 2. The van der Waals surface area contributed by atoms with Crippen molar-refractivity contribution in [3.05, 3.63) is 35.4 Å². The van der Waals surface area contributed by atoms with Crippen LogP contribution in [-0.2, 0) is 9.59 Å². The highest BCUT2D eigenvalue weighted by Crippen LogP contribution is 2.18. The Morgan fingerprint density at radius 3 is 2.75 bits per heavy atom. The van der Waals surface area contributed by atoms with Gasteiger partial charge in [-0.25, -0.2) is 8.78 Å². The third-order valence-electron chi connectivity index (χ3n) is 3.26. The van der Waals surface area contributed by atoms with Gasteiger partial charge in [-0.2, -0.15) is 0 Å². The molecule has 2 atom stereocenters. The van der Waals surface area contributed by atoms with E-state index in [2.05, 4.69) is 5.32 Å². The number of nitrogens with zero attached hydrogens (tertiary/aromatic N) is 1. The van der Waals surface area contributed by atoms with Gasteiger partial charge in [0.2, 0.25) is 11.8 Å². The highest BCUT2D eigenvalue weighted by molar-refractivity contribution is 6.05. The number of hydrogen-bond donors (Lipinski definition) is 2. The SMILES string of the molecule is CN1C(=O)CC(NCC(O)c2cc(F)ccc2F)C1=O. The maximum absolute atomic E-state index is 13.4. The highest BCUT2D eigenvalue weighted by Gasteiger charge is 2.35. The van der Waals surface area contributed by atoms with E-state index < -0.39 is 29.7 Å². The maximum atomic E-state index is 13.4. The van der Waals surface area contributed by atoms with Crippen LogP contribution in [0.1, 0.15) is 18.1 Å². The Hall–Kier alpha value is -1.86. The number of imide groups is 1. The third kappa shape index (κ3) is 2.83. The molecule has 0 saturated carbocycles. The van der Waals surface area contributed by atoms with Crippen LogP contribution < -0.4 is 5.32 Å². The van der Waals surface area contributed by atoms with Gasteiger partial charge in [-0.3, -0.25) is 14.5 Å². The number of likely N-dealkylation sites (tertiary alicyclic amines) is 1. The van der Waals surface area contributed by atoms with Gasteiger partial charge in [0.1, 0.15) is 11.6 Å². The van der Waals surface area contributed by atoms with E-state index in [0.717, 1.165) is 23.1 Å². The summed E-state index contributed by atoms with van der Waals surface area (Å²) in [6, 6.07) is 2.04. The van der Waals surface area contributed by atoms with Crippen LogP contribution in [0, 0.1) is 11.6 Å². The first-order valence-corrected chi connectivity index (χ1v) is 6.07. The summed E-state index contributed by atoms with van der Waals surface area (Å²) in [5.74, 6) is -2.11. The summed E-state index contributed by atoms with van der Waals surface area (Å²) in [4.78, 5) is 23.9. The molecule has 20 heavy (non-hydrogen) atoms. The first-order valence-electron chi connectivity index (χ1n) is 6.07. The fourth-order valence-electron chi connectivity index (χ4n) is 2.05. The van der Waals surface area contributed by atoms with Gasteiger partial charge >= 0.3 is 0 Å². The molecule has 2 rings (SSSR count). The van der Waals surface area contributed by atoms with E-state index in [1.165, 1.54) is 7.05 Å². The molecule has 2 amide bonds. The molecule has 1 aromatic rings. The second-order valence-corrected chi connectivity index (χ2v) is 4.64. The van der Waals surface area contributed by atoms with Crippen LogP contribution in [0.15, 0.2) is 18.2 Å². The van der Waals surface area contributed by atoms with Crippen LogP contribution in [0.3, 0.4) is 0 Å². The molecule has 1 saturated heterocycles. The summed E-state index contributed by atoms with van der Waals surface area (Å²) in [6.07, 6.45) is -1.31. The molecule has 1 aliphatic heterocycles. The molecular formula is C13H14F2N2O3. The minimum atomic E-state index is -1.31. The minimum Gasteiger partial charge on any atom is -0.387 e. The summed E-state index contributed by atoms with van der Waals surface area (Å²) < 4.78 is 26.4. The number of likely N-dealkylation sites (N-methyl/N-ethyl adjacent to an activating group) is 1. The van der Waals surface area contributed by atoms with Crippen molar-refractivity contribution in [3.8, 4) is 0 Å². The van der Waals surface area contributed by atoms with Gasteiger partial charge in [-0.1, -0.05) is 0 Å². The average Bonchev–Trinajstić information content (AvgIpc) is 2.66. The molecule has 1 heterocycles. The lowest BCUT2D eigenvalue weighted by Gasteiger charge is -2.16. The Bertz CT molecular complexity index is 550. The first-order chi connectivity index (χ1) is 9.40. The van der Waals surface area contributed by atoms with Gasteiger partial charge in [0.05, 0.1) is 18.6 Å². The van der Waals surface area contributed by atoms with E-state index in [1.807, 2.05) is 0 Å². The largest absolute Gasteiger partial charge is 0.387 e. The van der Waals surface area contributed by atoms with Crippen LogP contribution in [0.25, 0.3) is 0 Å². The van der Waals surface area contributed by atoms with Crippen molar-refractivity contribution >= 4 is 11.8 Å². The maximum Gasteiger partial charge on any atom is 0.246 e. The molecule has 108 valence electrons. The Labute approximate surface area is 114 Å². The summed E-state index contributed by atoms with van der Waals surface area (Å²) in [7, 11) is 1.37. The summed E-state index contributed by atoms with van der Waals surface area (Å²) in [6.45, 7) is -0.155. The number of rotatable bonds is 4. The molecule has 2 N–H and O–H groups in total. The van der Waals surface area contributed by atoms with Gasteiger partial charge < -0.3 is 10.4 Å². The molecule has 7 heteroatoms. The van der Waals surface area contributed by atoms with Crippen molar-refractivity contribution in [2.24, 2.45) is 0 Å². The zero-order valence-corrected chi connectivity index (χ0v) is 10.8. The average molecular weight is 284 g/mol. The normalized spacial score (nSPS) is 20.6. The molecular weight excluding hydrogens is 270 g/mol. The number of aliphatic hydroxyl groups is 1. The fraction of sp³-hybridized carbons (Fsp3) is 0.385. The van der Waals surface area contributed by atoms with Gasteiger partial charge in [-0.15, -0.1) is 0 Å². The molecule has 0 aliphatic carbocycles. The zero-order valence-electron chi connectivity index (χ0n) is 10.8. The Kier molecular flexibility index (Phi) is 4.10. The van der Waals surface area contributed by atoms with Gasteiger partial charge in [0.25, 0.3) is 0 Å². The molecule has 0 spiro atoms. The number of carbonyl (C=O) groups is 2. The Morgan fingerprint density at radius 2 is 2.15 bits per heavy atom. The molecule has 5 nitrogen and oxygen atoms in total. The van der Waals surface area contributed by atoms with Crippen molar-refractivity contribution in [3.63, 3.8) is 0 Å². The Balaban J connectivity index is 1.99. The molecule has 1 aliphatic rings. The summed E-state index contributed by atoms with van der Waals surface area (Å²) in [5, 5.41) is 12.5. The van der Waals surface area contributed by atoms with Crippen LogP contribution in [-0.4, -0.2) is 41.5 Å². The first kappa shape index (κ1) is 14.5. The van der Waals surface area contributed by atoms with Crippen LogP contribution >= 0.6 is 0 Å².